The number of imidazole rings is 1. The number of H-pyrrole nitrogens is 1. The van der Waals surface area contributed by atoms with Gasteiger partial charge in [-0.15, -0.1) is 0 Å². The maximum absolute atomic E-state index is 5.55. The summed E-state index contributed by atoms with van der Waals surface area (Å²) in [4.78, 5) is 16.3. The van der Waals surface area contributed by atoms with Gasteiger partial charge in [0.2, 0.25) is 0 Å². The second-order valence-electron chi connectivity index (χ2n) is 4.17. The third-order valence-corrected chi connectivity index (χ3v) is 2.90. The van der Waals surface area contributed by atoms with Crippen molar-refractivity contribution in [1.82, 2.24) is 19.9 Å². The molecule has 18 heavy (non-hydrogen) atoms. The van der Waals surface area contributed by atoms with E-state index in [0.29, 0.717) is 6.54 Å². The second-order valence-corrected chi connectivity index (χ2v) is 4.17. The van der Waals surface area contributed by atoms with Gasteiger partial charge in [0.1, 0.15) is 5.69 Å². The zero-order chi connectivity index (χ0) is 12.5. The van der Waals surface area contributed by atoms with E-state index in [1.54, 1.807) is 12.4 Å². The molecule has 3 N–H and O–H groups in total. The number of fused-ring (bicyclic) bond motifs is 1. The van der Waals surface area contributed by atoms with Gasteiger partial charge in [-0.2, -0.15) is 0 Å². The smallest absolute Gasteiger partial charge is 0.178 e. The lowest BCUT2D eigenvalue weighted by Crippen LogP contribution is -1.97. The Morgan fingerprint density at radius 3 is 2.78 bits per heavy atom. The van der Waals surface area contributed by atoms with Crippen LogP contribution in [0, 0.1) is 6.92 Å². The summed E-state index contributed by atoms with van der Waals surface area (Å²) in [7, 11) is 0. The van der Waals surface area contributed by atoms with E-state index in [-0.39, 0.29) is 0 Å². The third kappa shape index (κ3) is 1.74. The first-order chi connectivity index (χ1) is 8.78. The van der Waals surface area contributed by atoms with Gasteiger partial charge in [0.25, 0.3) is 0 Å². The molecule has 0 aromatic carbocycles. The van der Waals surface area contributed by atoms with Gasteiger partial charge in [0.15, 0.2) is 11.5 Å². The molecule has 0 bridgehead atoms. The number of nitrogens with two attached hydrogens (primary N) is 1. The van der Waals surface area contributed by atoms with Crippen molar-refractivity contribution >= 4 is 11.2 Å². The normalized spacial score (nSPS) is 11.0. The molecule has 3 heterocycles. The van der Waals surface area contributed by atoms with E-state index < -0.39 is 0 Å². The summed E-state index contributed by atoms with van der Waals surface area (Å²) in [5.74, 6) is 0.732. The molecule has 3 rings (SSSR count). The molecule has 0 aliphatic heterocycles. The van der Waals surface area contributed by atoms with Crippen molar-refractivity contribution < 1.29 is 0 Å². The average Bonchev–Trinajstić information content (AvgIpc) is 2.84. The fraction of sp³-hybridized carbons (Fsp3) is 0.154. The maximum atomic E-state index is 5.55. The molecule has 0 aliphatic carbocycles. The predicted molar refractivity (Wildman–Crippen MR) is 69.7 cm³/mol. The van der Waals surface area contributed by atoms with Crippen molar-refractivity contribution in [2.24, 2.45) is 5.73 Å². The number of aryl methyl sites for hydroxylation is 1. The Bertz CT molecular complexity index is 684. The van der Waals surface area contributed by atoms with Gasteiger partial charge in [-0.05, 0) is 30.2 Å². The summed E-state index contributed by atoms with van der Waals surface area (Å²) in [6.07, 6.45) is 3.52. The lowest BCUT2D eigenvalue weighted by molar-refractivity contribution is 1.05. The molecule has 90 valence electrons. The monoisotopic (exact) mass is 239 g/mol. The van der Waals surface area contributed by atoms with Crippen molar-refractivity contribution in [1.29, 1.82) is 0 Å². The largest absolute Gasteiger partial charge is 0.335 e. The van der Waals surface area contributed by atoms with Crippen LogP contribution in [0.2, 0.25) is 0 Å². The van der Waals surface area contributed by atoms with Crippen LogP contribution < -0.4 is 5.73 Å². The Kier molecular flexibility index (Phi) is 2.53. The lowest BCUT2D eigenvalue weighted by Gasteiger charge is -1.97. The van der Waals surface area contributed by atoms with Crippen LogP contribution in [-0.2, 0) is 6.54 Å². The van der Waals surface area contributed by atoms with Crippen LogP contribution in [0.15, 0.2) is 30.6 Å². The van der Waals surface area contributed by atoms with E-state index in [9.17, 15) is 0 Å². The van der Waals surface area contributed by atoms with Crippen molar-refractivity contribution in [3.63, 3.8) is 0 Å². The number of nitrogens with zero attached hydrogens (tertiary/aromatic N) is 3. The molecule has 5 heteroatoms. The maximum Gasteiger partial charge on any atom is 0.178 e. The van der Waals surface area contributed by atoms with Gasteiger partial charge in [0, 0.05) is 18.9 Å². The van der Waals surface area contributed by atoms with Crippen LogP contribution in [0.5, 0.6) is 0 Å². The number of hydrogen-bond donors (Lipinski definition) is 2. The van der Waals surface area contributed by atoms with Crippen LogP contribution in [0.4, 0.5) is 0 Å². The zero-order valence-corrected chi connectivity index (χ0v) is 10.0. The molecular weight excluding hydrogens is 226 g/mol. The standard InChI is InChI=1S/C13H13N5/c1-8-4-5-15-13-11(8)17-12(18-13)10-3-2-9(6-14)7-16-10/h2-5,7H,6,14H2,1H3,(H,15,17,18). The summed E-state index contributed by atoms with van der Waals surface area (Å²) in [6.45, 7) is 2.52. The van der Waals surface area contributed by atoms with Crippen LogP contribution in [-0.4, -0.2) is 19.9 Å². The molecular formula is C13H13N5. The summed E-state index contributed by atoms with van der Waals surface area (Å²) in [6, 6.07) is 5.82. The van der Waals surface area contributed by atoms with Gasteiger partial charge in [-0.1, -0.05) is 6.07 Å². The highest BCUT2D eigenvalue weighted by molar-refractivity contribution is 5.77. The molecule has 3 aromatic heterocycles. The summed E-state index contributed by atoms with van der Waals surface area (Å²) in [5, 5.41) is 0. The minimum absolute atomic E-state index is 0.494. The van der Waals surface area contributed by atoms with E-state index in [1.807, 2.05) is 25.1 Å². The highest BCUT2D eigenvalue weighted by Crippen LogP contribution is 2.19. The summed E-state index contributed by atoms with van der Waals surface area (Å²) < 4.78 is 0. The molecule has 0 saturated carbocycles. The molecule has 0 fully saturated rings. The van der Waals surface area contributed by atoms with E-state index in [4.69, 9.17) is 5.73 Å². The van der Waals surface area contributed by atoms with Gasteiger partial charge in [-0.3, -0.25) is 4.98 Å². The molecule has 0 radical (unpaired) electrons. The van der Waals surface area contributed by atoms with E-state index in [2.05, 4.69) is 19.9 Å². The Morgan fingerprint density at radius 2 is 2.11 bits per heavy atom. The molecule has 0 amide bonds. The highest BCUT2D eigenvalue weighted by Gasteiger charge is 2.08. The van der Waals surface area contributed by atoms with E-state index in [0.717, 1.165) is 33.8 Å². The Labute approximate surface area is 104 Å². The number of rotatable bonds is 2. The molecule has 0 atom stereocenters. The highest BCUT2D eigenvalue weighted by atomic mass is 15.0. The van der Waals surface area contributed by atoms with Crippen LogP contribution in [0.25, 0.3) is 22.7 Å². The first kappa shape index (κ1) is 10.9. The van der Waals surface area contributed by atoms with E-state index >= 15 is 0 Å². The zero-order valence-electron chi connectivity index (χ0n) is 10.0. The van der Waals surface area contributed by atoms with Crippen molar-refractivity contribution in [2.45, 2.75) is 13.5 Å². The van der Waals surface area contributed by atoms with Crippen molar-refractivity contribution in [3.8, 4) is 11.5 Å². The van der Waals surface area contributed by atoms with Gasteiger partial charge < -0.3 is 10.7 Å². The van der Waals surface area contributed by atoms with E-state index in [1.165, 1.54) is 0 Å². The van der Waals surface area contributed by atoms with Crippen LogP contribution in [0.3, 0.4) is 0 Å². The van der Waals surface area contributed by atoms with Gasteiger partial charge >= 0.3 is 0 Å². The third-order valence-electron chi connectivity index (χ3n) is 2.90. The lowest BCUT2D eigenvalue weighted by atomic mass is 10.2. The average molecular weight is 239 g/mol. The summed E-state index contributed by atoms with van der Waals surface area (Å²) >= 11 is 0. The first-order valence-electron chi connectivity index (χ1n) is 5.74. The molecule has 0 unspecified atom stereocenters. The molecule has 5 nitrogen and oxygen atoms in total. The fourth-order valence-electron chi connectivity index (χ4n) is 1.84. The molecule has 0 saturated heterocycles. The SMILES string of the molecule is Cc1ccnc2nc(-c3ccc(CN)cn3)[nH]c12. The van der Waals surface area contributed by atoms with Crippen molar-refractivity contribution in [3.05, 3.63) is 41.7 Å². The number of nitrogens with one attached hydrogen (secondary N) is 1. The molecule has 3 aromatic rings. The number of aromatic amines is 1. The minimum atomic E-state index is 0.494. The van der Waals surface area contributed by atoms with Crippen LogP contribution >= 0.6 is 0 Å². The number of pyridine rings is 2. The van der Waals surface area contributed by atoms with Gasteiger partial charge in [0.05, 0.1) is 5.52 Å². The molecule has 0 spiro atoms. The first-order valence-corrected chi connectivity index (χ1v) is 5.74. The fourth-order valence-corrected chi connectivity index (χ4v) is 1.84. The minimum Gasteiger partial charge on any atom is -0.335 e. The molecule has 0 aliphatic rings. The van der Waals surface area contributed by atoms with Crippen molar-refractivity contribution in [2.75, 3.05) is 0 Å². The topological polar surface area (TPSA) is 80.5 Å². The second kappa shape index (κ2) is 4.19. The predicted octanol–water partition coefficient (Wildman–Crippen LogP) is 1.79. The van der Waals surface area contributed by atoms with Gasteiger partial charge in [-0.25, -0.2) is 9.97 Å². The number of hydrogen-bond acceptors (Lipinski definition) is 4. The summed E-state index contributed by atoms with van der Waals surface area (Å²) in [5.41, 5.74) is 10.1. The van der Waals surface area contributed by atoms with Crippen LogP contribution in [0.1, 0.15) is 11.1 Å². The Hall–Kier alpha value is -2.27. The quantitative estimate of drug-likeness (QED) is 0.714. The Morgan fingerprint density at radius 1 is 1.22 bits per heavy atom. The number of aromatic nitrogens is 4. The Balaban J connectivity index is 2.10.